The van der Waals surface area contributed by atoms with Crippen molar-refractivity contribution in [2.45, 2.75) is 26.7 Å². The molecule has 0 atom stereocenters. The molecule has 0 aliphatic carbocycles. The molecule has 0 bridgehead atoms. The first-order chi connectivity index (χ1) is 22.6. The van der Waals surface area contributed by atoms with Crippen LogP contribution in [-0.4, -0.2) is 37.7 Å². The zero-order valence-corrected chi connectivity index (χ0v) is 26.7. The Hall–Kier alpha value is -5.76. The minimum atomic E-state index is -1.50. The highest BCUT2D eigenvalue weighted by Crippen LogP contribution is 2.34. The quantitative estimate of drug-likeness (QED) is 0.0641. The van der Waals surface area contributed by atoms with Crippen LogP contribution in [0.4, 0.5) is 0 Å². The van der Waals surface area contributed by atoms with E-state index in [0.29, 0.717) is 22.6 Å². The number of carbonyl (C=O) groups is 4. The first-order valence-corrected chi connectivity index (χ1v) is 14.9. The van der Waals surface area contributed by atoms with E-state index in [-0.39, 0.29) is 35.9 Å². The fourth-order valence-corrected chi connectivity index (χ4v) is 5.14. The van der Waals surface area contributed by atoms with E-state index in [0.717, 1.165) is 11.1 Å². The molecule has 0 aliphatic heterocycles. The van der Waals surface area contributed by atoms with Crippen LogP contribution in [-0.2, 0) is 32.0 Å². The second-order valence-corrected chi connectivity index (χ2v) is 10.8. The molecule has 0 amide bonds. The van der Waals surface area contributed by atoms with Gasteiger partial charge in [-0.2, -0.15) is 0 Å². The Kier molecular flexibility index (Phi) is 11.6. The number of methoxy groups -OCH3 is 2. The van der Waals surface area contributed by atoms with E-state index < -0.39 is 17.4 Å². The smallest absolute Gasteiger partial charge is 0.308 e. The maximum absolute atomic E-state index is 14.4. The number of benzene rings is 4. The molecule has 0 N–H and O–H groups in total. The minimum Gasteiger partial charge on any atom is -0.493 e. The Morgan fingerprint density at radius 2 is 0.936 bits per heavy atom. The normalized spacial score (nSPS) is 11.3. The molecular formula is C39H36O8. The highest BCUT2D eigenvalue weighted by molar-refractivity contribution is 6.17. The highest BCUT2D eigenvalue weighted by Gasteiger charge is 2.43. The fourth-order valence-electron chi connectivity index (χ4n) is 5.14. The monoisotopic (exact) mass is 632 g/mol. The summed E-state index contributed by atoms with van der Waals surface area (Å²) >= 11 is 0. The average Bonchev–Trinajstić information content (AvgIpc) is 3.07. The van der Waals surface area contributed by atoms with Gasteiger partial charge >= 0.3 is 11.9 Å². The number of ether oxygens (including phenoxy) is 4. The Balaban J connectivity index is 1.77. The third kappa shape index (κ3) is 9.14. The SMILES string of the molecule is COc1cc(C=CC(=O)C(Cc2ccccc2)(Cc2ccccc2)C(=O)C=Cc2ccc(OC(C)=O)c(OC)c2)ccc1OC(C)=O. The van der Waals surface area contributed by atoms with Crippen molar-refractivity contribution in [2.75, 3.05) is 14.2 Å². The molecule has 0 unspecified atom stereocenters. The van der Waals surface area contributed by atoms with Crippen molar-refractivity contribution >= 4 is 35.7 Å². The number of allylic oxidation sites excluding steroid dienone is 2. The maximum atomic E-state index is 14.4. The fraction of sp³-hybridized carbons (Fsp3) is 0.179. The Morgan fingerprint density at radius 1 is 0.553 bits per heavy atom. The van der Waals surface area contributed by atoms with Crippen LogP contribution in [0.3, 0.4) is 0 Å². The van der Waals surface area contributed by atoms with E-state index in [1.54, 1.807) is 48.6 Å². The Bertz CT molecular complexity index is 1660. The topological polar surface area (TPSA) is 105 Å². The van der Waals surface area contributed by atoms with E-state index in [1.165, 1.54) is 40.2 Å². The molecule has 0 aromatic heterocycles. The summed E-state index contributed by atoms with van der Waals surface area (Å²) in [4.78, 5) is 51.8. The summed E-state index contributed by atoms with van der Waals surface area (Å²) in [5.41, 5.74) is 1.38. The number of rotatable bonds is 14. The molecule has 0 fully saturated rings. The molecule has 4 aromatic carbocycles. The number of ketones is 2. The molecule has 4 aromatic rings. The molecular weight excluding hydrogens is 596 g/mol. The molecule has 0 aliphatic rings. The van der Waals surface area contributed by atoms with Gasteiger partial charge in [-0.1, -0.05) is 84.9 Å². The van der Waals surface area contributed by atoms with E-state index in [1.807, 2.05) is 60.7 Å². The van der Waals surface area contributed by atoms with Crippen LogP contribution in [0, 0.1) is 5.41 Å². The van der Waals surface area contributed by atoms with Gasteiger partial charge in [-0.3, -0.25) is 19.2 Å². The van der Waals surface area contributed by atoms with Gasteiger partial charge in [-0.25, -0.2) is 0 Å². The van der Waals surface area contributed by atoms with Crippen molar-refractivity contribution in [2.24, 2.45) is 5.41 Å². The first kappa shape index (κ1) is 34.1. The number of hydrogen-bond acceptors (Lipinski definition) is 8. The standard InChI is InChI=1S/C39H36O8/c1-27(40)46-33-19-15-29(23-35(33)44-3)17-21-37(42)39(25-31-11-7-5-8-12-31,26-32-13-9-6-10-14-32)38(43)22-18-30-16-20-34(47-28(2)41)36(24-30)45-4/h5-24H,25-26H2,1-4H3. The lowest BCUT2D eigenvalue weighted by Gasteiger charge is -2.29. The lowest BCUT2D eigenvalue weighted by molar-refractivity contribution is -0.135. The summed E-state index contributed by atoms with van der Waals surface area (Å²) < 4.78 is 21.2. The van der Waals surface area contributed by atoms with E-state index in [4.69, 9.17) is 18.9 Å². The third-order valence-electron chi connectivity index (χ3n) is 7.38. The summed E-state index contributed by atoms with van der Waals surface area (Å²) in [6.45, 7) is 2.59. The molecule has 0 spiro atoms. The highest BCUT2D eigenvalue weighted by atomic mass is 16.6. The lowest BCUT2D eigenvalue weighted by atomic mass is 9.69. The van der Waals surface area contributed by atoms with Gasteiger partial charge in [0.15, 0.2) is 34.6 Å². The molecule has 47 heavy (non-hydrogen) atoms. The van der Waals surface area contributed by atoms with Crippen LogP contribution in [0.1, 0.15) is 36.1 Å². The average molecular weight is 633 g/mol. The van der Waals surface area contributed by atoms with Gasteiger partial charge in [0.2, 0.25) is 0 Å². The second kappa shape index (κ2) is 16.0. The zero-order chi connectivity index (χ0) is 33.8. The minimum absolute atomic E-state index is 0.151. The van der Waals surface area contributed by atoms with E-state index in [2.05, 4.69) is 0 Å². The van der Waals surface area contributed by atoms with Crippen molar-refractivity contribution in [3.8, 4) is 23.0 Å². The largest absolute Gasteiger partial charge is 0.493 e. The van der Waals surface area contributed by atoms with Crippen molar-refractivity contribution in [1.82, 2.24) is 0 Å². The first-order valence-electron chi connectivity index (χ1n) is 14.9. The predicted octanol–water partition coefficient (Wildman–Crippen LogP) is 6.89. The van der Waals surface area contributed by atoms with Gasteiger partial charge in [-0.05, 0) is 71.5 Å². The van der Waals surface area contributed by atoms with E-state index in [9.17, 15) is 19.2 Å². The van der Waals surface area contributed by atoms with Gasteiger partial charge in [-0.15, -0.1) is 0 Å². The Labute approximate surface area is 274 Å². The zero-order valence-electron chi connectivity index (χ0n) is 26.7. The summed E-state index contributed by atoms with van der Waals surface area (Å²) in [5.74, 6) is -0.589. The van der Waals surface area contributed by atoms with E-state index >= 15 is 0 Å². The van der Waals surface area contributed by atoms with Gasteiger partial charge in [0.25, 0.3) is 0 Å². The molecule has 4 rings (SSSR count). The van der Waals surface area contributed by atoms with Gasteiger partial charge in [0, 0.05) is 13.8 Å². The molecule has 0 saturated carbocycles. The van der Waals surface area contributed by atoms with Gasteiger partial charge in [0.1, 0.15) is 5.41 Å². The van der Waals surface area contributed by atoms with Crippen LogP contribution >= 0.6 is 0 Å². The second-order valence-electron chi connectivity index (χ2n) is 10.8. The van der Waals surface area contributed by atoms with Crippen molar-refractivity contribution in [3.05, 3.63) is 131 Å². The summed E-state index contributed by atoms with van der Waals surface area (Å²) in [7, 11) is 2.91. The van der Waals surface area contributed by atoms with Gasteiger partial charge < -0.3 is 18.9 Å². The van der Waals surface area contributed by atoms with Crippen molar-refractivity contribution in [1.29, 1.82) is 0 Å². The van der Waals surface area contributed by atoms with Crippen LogP contribution in [0.15, 0.2) is 109 Å². The van der Waals surface area contributed by atoms with Crippen LogP contribution in [0.5, 0.6) is 23.0 Å². The van der Waals surface area contributed by atoms with Crippen LogP contribution < -0.4 is 18.9 Å². The molecule has 240 valence electrons. The molecule has 0 radical (unpaired) electrons. The summed E-state index contributed by atoms with van der Waals surface area (Å²) in [5, 5.41) is 0. The molecule has 0 saturated heterocycles. The molecule has 0 heterocycles. The van der Waals surface area contributed by atoms with Crippen molar-refractivity contribution < 1.29 is 38.1 Å². The number of carbonyl (C=O) groups excluding carboxylic acids is 4. The van der Waals surface area contributed by atoms with Crippen molar-refractivity contribution in [3.63, 3.8) is 0 Å². The lowest BCUT2D eigenvalue weighted by Crippen LogP contribution is -2.42. The predicted molar refractivity (Wildman–Crippen MR) is 179 cm³/mol. The van der Waals surface area contributed by atoms with Gasteiger partial charge in [0.05, 0.1) is 14.2 Å². The third-order valence-corrected chi connectivity index (χ3v) is 7.38. The maximum Gasteiger partial charge on any atom is 0.308 e. The summed E-state index contributed by atoms with van der Waals surface area (Å²) in [6.07, 6.45) is 6.35. The number of hydrogen-bond donors (Lipinski definition) is 0. The number of esters is 2. The Morgan fingerprint density at radius 3 is 1.28 bits per heavy atom. The molecule has 8 heteroatoms. The van der Waals surface area contributed by atoms with Crippen LogP contribution in [0.2, 0.25) is 0 Å². The molecule has 8 nitrogen and oxygen atoms in total. The summed E-state index contributed by atoms with van der Waals surface area (Å²) in [6, 6.07) is 28.7. The van der Waals surface area contributed by atoms with Crippen LogP contribution in [0.25, 0.3) is 12.2 Å².